The van der Waals surface area contributed by atoms with Crippen molar-refractivity contribution in [2.75, 3.05) is 19.5 Å². The van der Waals surface area contributed by atoms with Crippen molar-refractivity contribution in [3.8, 4) is 21.9 Å². The standard InChI is InChI=1S/C20H20N2O3S/c1-13-19(15-7-5-4-6-8-15)26-20(21-13)22-18(23)12-14-9-10-16(24-2)17(11-14)25-3/h4-11H,12H2,1-3H3,(H,21,22,23). The maximum Gasteiger partial charge on any atom is 0.230 e. The average molecular weight is 368 g/mol. The van der Waals surface area contributed by atoms with Crippen LogP contribution in [0.5, 0.6) is 11.5 Å². The van der Waals surface area contributed by atoms with Crippen molar-refractivity contribution in [1.82, 2.24) is 4.98 Å². The summed E-state index contributed by atoms with van der Waals surface area (Å²) < 4.78 is 10.5. The Kier molecular flexibility index (Phi) is 5.53. The molecule has 0 unspecified atom stereocenters. The van der Waals surface area contributed by atoms with Crippen LogP contribution in [0.2, 0.25) is 0 Å². The van der Waals surface area contributed by atoms with E-state index in [0.717, 1.165) is 21.7 Å². The fourth-order valence-electron chi connectivity index (χ4n) is 2.65. The molecule has 2 aromatic carbocycles. The molecule has 0 aliphatic carbocycles. The van der Waals surface area contributed by atoms with Gasteiger partial charge in [0.05, 0.1) is 31.2 Å². The molecule has 0 bridgehead atoms. The molecule has 3 aromatic rings. The van der Waals surface area contributed by atoms with Crippen molar-refractivity contribution >= 4 is 22.4 Å². The molecule has 1 amide bonds. The number of aryl methyl sites for hydroxylation is 1. The van der Waals surface area contributed by atoms with E-state index in [1.807, 2.05) is 43.3 Å². The monoisotopic (exact) mass is 368 g/mol. The number of carbonyl (C=O) groups excluding carboxylic acids is 1. The van der Waals surface area contributed by atoms with Gasteiger partial charge in [0.15, 0.2) is 16.6 Å². The van der Waals surface area contributed by atoms with Gasteiger partial charge in [-0.25, -0.2) is 4.98 Å². The molecule has 0 atom stereocenters. The zero-order chi connectivity index (χ0) is 18.5. The van der Waals surface area contributed by atoms with Crippen LogP contribution in [0.4, 0.5) is 5.13 Å². The smallest absolute Gasteiger partial charge is 0.230 e. The Bertz CT molecular complexity index is 907. The molecule has 1 heterocycles. The van der Waals surface area contributed by atoms with E-state index in [9.17, 15) is 4.79 Å². The van der Waals surface area contributed by atoms with Gasteiger partial charge in [0.2, 0.25) is 5.91 Å². The van der Waals surface area contributed by atoms with Gasteiger partial charge in [0.25, 0.3) is 0 Å². The van der Waals surface area contributed by atoms with E-state index in [1.54, 1.807) is 26.4 Å². The molecule has 26 heavy (non-hydrogen) atoms. The van der Waals surface area contributed by atoms with Crippen molar-refractivity contribution in [3.05, 3.63) is 59.8 Å². The highest BCUT2D eigenvalue weighted by atomic mass is 32.1. The number of anilines is 1. The van der Waals surface area contributed by atoms with Gasteiger partial charge in [0, 0.05) is 0 Å². The summed E-state index contributed by atoms with van der Waals surface area (Å²) >= 11 is 1.48. The van der Waals surface area contributed by atoms with E-state index in [1.165, 1.54) is 11.3 Å². The number of thiazole rings is 1. The molecule has 0 radical (unpaired) electrons. The quantitative estimate of drug-likeness (QED) is 0.704. The summed E-state index contributed by atoms with van der Waals surface area (Å²) in [5.74, 6) is 1.12. The van der Waals surface area contributed by atoms with Gasteiger partial charge in [-0.3, -0.25) is 4.79 Å². The Morgan fingerprint density at radius 2 is 1.81 bits per heavy atom. The normalized spacial score (nSPS) is 10.4. The largest absolute Gasteiger partial charge is 0.493 e. The molecule has 5 nitrogen and oxygen atoms in total. The topological polar surface area (TPSA) is 60.5 Å². The first kappa shape index (κ1) is 17.9. The molecule has 1 aromatic heterocycles. The molecule has 3 rings (SSSR count). The predicted molar refractivity (Wildman–Crippen MR) is 104 cm³/mol. The first-order chi connectivity index (χ1) is 12.6. The summed E-state index contributed by atoms with van der Waals surface area (Å²) in [7, 11) is 3.16. The molecule has 0 saturated carbocycles. The van der Waals surface area contributed by atoms with Gasteiger partial charge < -0.3 is 14.8 Å². The van der Waals surface area contributed by atoms with Crippen molar-refractivity contribution in [2.24, 2.45) is 0 Å². The van der Waals surface area contributed by atoms with E-state index < -0.39 is 0 Å². The number of amides is 1. The van der Waals surface area contributed by atoms with Crippen LogP contribution >= 0.6 is 11.3 Å². The second-order valence-corrected chi connectivity index (χ2v) is 6.71. The number of hydrogen-bond acceptors (Lipinski definition) is 5. The summed E-state index contributed by atoms with van der Waals surface area (Å²) in [5, 5.41) is 3.49. The first-order valence-corrected chi connectivity index (χ1v) is 8.96. The molecule has 0 saturated heterocycles. The van der Waals surface area contributed by atoms with Gasteiger partial charge in [-0.15, -0.1) is 0 Å². The average Bonchev–Trinajstić information content (AvgIpc) is 3.02. The summed E-state index contributed by atoms with van der Waals surface area (Å²) in [6.07, 6.45) is 0.236. The second kappa shape index (κ2) is 8.01. The minimum Gasteiger partial charge on any atom is -0.493 e. The van der Waals surface area contributed by atoms with Crippen LogP contribution in [0.25, 0.3) is 10.4 Å². The fraction of sp³-hybridized carbons (Fsp3) is 0.200. The summed E-state index contributed by atoms with van der Waals surface area (Å²) in [5.41, 5.74) is 2.85. The Hall–Kier alpha value is -2.86. The van der Waals surface area contributed by atoms with E-state index in [2.05, 4.69) is 10.3 Å². The summed E-state index contributed by atoms with van der Waals surface area (Å²) in [6, 6.07) is 15.5. The van der Waals surface area contributed by atoms with Crippen LogP contribution < -0.4 is 14.8 Å². The molecule has 6 heteroatoms. The Balaban J connectivity index is 1.71. The van der Waals surface area contributed by atoms with E-state index in [0.29, 0.717) is 16.6 Å². The van der Waals surface area contributed by atoms with Crippen LogP contribution in [0.1, 0.15) is 11.3 Å². The molecule has 0 spiro atoms. The second-order valence-electron chi connectivity index (χ2n) is 5.71. The van der Waals surface area contributed by atoms with Crippen molar-refractivity contribution in [1.29, 1.82) is 0 Å². The Morgan fingerprint density at radius 3 is 2.50 bits per heavy atom. The van der Waals surface area contributed by atoms with Gasteiger partial charge in [-0.05, 0) is 30.2 Å². The highest BCUT2D eigenvalue weighted by Gasteiger charge is 2.13. The summed E-state index contributed by atoms with van der Waals surface area (Å²) in [6.45, 7) is 1.95. The highest BCUT2D eigenvalue weighted by Crippen LogP contribution is 2.32. The van der Waals surface area contributed by atoms with Crippen LogP contribution in [-0.2, 0) is 11.2 Å². The number of hydrogen-bond donors (Lipinski definition) is 1. The minimum atomic E-state index is -0.120. The SMILES string of the molecule is COc1ccc(CC(=O)Nc2nc(C)c(-c3ccccc3)s2)cc1OC. The lowest BCUT2D eigenvalue weighted by molar-refractivity contribution is -0.115. The van der Waals surface area contributed by atoms with E-state index in [4.69, 9.17) is 9.47 Å². The van der Waals surface area contributed by atoms with Crippen molar-refractivity contribution < 1.29 is 14.3 Å². The van der Waals surface area contributed by atoms with Crippen LogP contribution in [0, 0.1) is 6.92 Å². The third-order valence-electron chi connectivity index (χ3n) is 3.89. The minimum absolute atomic E-state index is 0.120. The third kappa shape index (κ3) is 4.03. The molecular formula is C20H20N2O3S. The number of nitrogens with zero attached hydrogens (tertiary/aromatic N) is 1. The maximum atomic E-state index is 12.4. The fourth-order valence-corrected chi connectivity index (χ4v) is 3.63. The lowest BCUT2D eigenvalue weighted by atomic mass is 10.1. The zero-order valence-corrected chi connectivity index (χ0v) is 15.7. The van der Waals surface area contributed by atoms with Gasteiger partial charge >= 0.3 is 0 Å². The zero-order valence-electron chi connectivity index (χ0n) is 14.9. The van der Waals surface area contributed by atoms with E-state index in [-0.39, 0.29) is 12.3 Å². The summed E-state index contributed by atoms with van der Waals surface area (Å²) in [4.78, 5) is 17.9. The number of benzene rings is 2. The molecule has 0 aliphatic rings. The van der Waals surface area contributed by atoms with E-state index >= 15 is 0 Å². The van der Waals surface area contributed by atoms with Gasteiger partial charge in [-0.2, -0.15) is 0 Å². The molecular weight excluding hydrogens is 348 g/mol. The highest BCUT2D eigenvalue weighted by molar-refractivity contribution is 7.19. The van der Waals surface area contributed by atoms with Gasteiger partial charge in [0.1, 0.15) is 0 Å². The van der Waals surface area contributed by atoms with Gasteiger partial charge in [-0.1, -0.05) is 47.7 Å². The van der Waals surface area contributed by atoms with Crippen LogP contribution in [0.3, 0.4) is 0 Å². The van der Waals surface area contributed by atoms with Crippen molar-refractivity contribution in [2.45, 2.75) is 13.3 Å². The van der Waals surface area contributed by atoms with Crippen LogP contribution in [-0.4, -0.2) is 25.1 Å². The van der Waals surface area contributed by atoms with Crippen molar-refractivity contribution in [3.63, 3.8) is 0 Å². The maximum absolute atomic E-state index is 12.4. The number of nitrogens with one attached hydrogen (secondary N) is 1. The van der Waals surface area contributed by atoms with Crippen LogP contribution in [0.15, 0.2) is 48.5 Å². The molecule has 134 valence electrons. The predicted octanol–water partition coefficient (Wildman–Crippen LogP) is 4.32. The lowest BCUT2D eigenvalue weighted by Crippen LogP contribution is -2.14. The number of aromatic nitrogens is 1. The Morgan fingerprint density at radius 1 is 1.08 bits per heavy atom. The Labute approximate surface area is 156 Å². The number of ether oxygens (including phenoxy) is 2. The molecule has 1 N–H and O–H groups in total. The lowest BCUT2D eigenvalue weighted by Gasteiger charge is -2.09. The molecule has 0 aliphatic heterocycles. The number of carbonyl (C=O) groups is 1. The third-order valence-corrected chi connectivity index (χ3v) is 5.01. The number of methoxy groups -OCH3 is 2. The first-order valence-electron chi connectivity index (χ1n) is 8.14. The molecule has 0 fully saturated rings. The number of rotatable bonds is 6.